The van der Waals surface area contributed by atoms with Crippen molar-refractivity contribution in [1.82, 2.24) is 9.97 Å². The van der Waals surface area contributed by atoms with Gasteiger partial charge in [0.05, 0.1) is 0 Å². The Morgan fingerprint density at radius 1 is 1.30 bits per heavy atom. The first-order valence-corrected chi connectivity index (χ1v) is 6.56. The summed E-state index contributed by atoms with van der Waals surface area (Å²) < 4.78 is 37.9. The van der Waals surface area contributed by atoms with Gasteiger partial charge in [-0.25, -0.2) is 10.8 Å². The maximum atomic E-state index is 12.6. The van der Waals surface area contributed by atoms with Gasteiger partial charge in [-0.05, 0) is 17.9 Å². The number of nitrogens with two attached hydrogens (primary N) is 1. The number of rotatable bonds is 5. The maximum Gasteiger partial charge on any atom is 0.433 e. The van der Waals surface area contributed by atoms with E-state index < -0.39 is 11.9 Å². The lowest BCUT2D eigenvalue weighted by Crippen LogP contribution is -2.17. The van der Waals surface area contributed by atoms with E-state index in [0.29, 0.717) is 13.0 Å². The van der Waals surface area contributed by atoms with Crippen LogP contribution in [0.3, 0.4) is 0 Å². The molecule has 0 radical (unpaired) electrons. The van der Waals surface area contributed by atoms with Gasteiger partial charge in [-0.3, -0.25) is 5.43 Å². The zero-order valence-electron chi connectivity index (χ0n) is 10.2. The van der Waals surface area contributed by atoms with Crippen LogP contribution in [0.2, 0.25) is 0 Å². The van der Waals surface area contributed by atoms with E-state index in [2.05, 4.69) is 15.3 Å². The molecule has 2 aromatic rings. The molecule has 2 aromatic heterocycles. The van der Waals surface area contributed by atoms with Gasteiger partial charge in [-0.15, -0.1) is 11.3 Å². The summed E-state index contributed by atoms with van der Waals surface area (Å²) in [5.41, 5.74) is 0.981. The van der Waals surface area contributed by atoms with E-state index in [9.17, 15) is 13.2 Å². The van der Waals surface area contributed by atoms with Gasteiger partial charge in [0.15, 0.2) is 5.69 Å². The van der Waals surface area contributed by atoms with E-state index in [1.54, 1.807) is 11.3 Å². The van der Waals surface area contributed by atoms with Crippen molar-refractivity contribution in [2.45, 2.75) is 12.6 Å². The summed E-state index contributed by atoms with van der Waals surface area (Å²) in [5.74, 6) is 4.87. The SMILES string of the molecule is NNc1nc(NCCc2cccs2)cc(C(F)(F)F)n1. The molecule has 0 saturated heterocycles. The molecule has 108 valence electrons. The van der Waals surface area contributed by atoms with Crippen molar-refractivity contribution in [1.29, 1.82) is 0 Å². The van der Waals surface area contributed by atoms with Crippen molar-refractivity contribution < 1.29 is 13.2 Å². The van der Waals surface area contributed by atoms with Crippen LogP contribution in [0.25, 0.3) is 0 Å². The van der Waals surface area contributed by atoms with Crippen LogP contribution in [0.1, 0.15) is 10.6 Å². The smallest absolute Gasteiger partial charge is 0.370 e. The average Bonchev–Trinajstić information content (AvgIpc) is 2.90. The van der Waals surface area contributed by atoms with E-state index in [-0.39, 0.29) is 11.8 Å². The Kier molecular flexibility index (Phi) is 4.40. The summed E-state index contributed by atoms with van der Waals surface area (Å²) in [6.45, 7) is 0.471. The zero-order valence-corrected chi connectivity index (χ0v) is 11.1. The lowest BCUT2D eigenvalue weighted by atomic mass is 10.3. The average molecular weight is 303 g/mol. The highest BCUT2D eigenvalue weighted by Gasteiger charge is 2.33. The number of hydrogen-bond acceptors (Lipinski definition) is 6. The first-order valence-electron chi connectivity index (χ1n) is 5.68. The highest BCUT2D eigenvalue weighted by molar-refractivity contribution is 7.09. The van der Waals surface area contributed by atoms with Crippen LogP contribution >= 0.6 is 11.3 Å². The normalized spacial score (nSPS) is 11.4. The van der Waals surface area contributed by atoms with Crippen molar-refractivity contribution in [2.24, 2.45) is 5.84 Å². The maximum absolute atomic E-state index is 12.6. The second-order valence-electron chi connectivity index (χ2n) is 3.86. The van der Waals surface area contributed by atoms with Gasteiger partial charge in [0, 0.05) is 17.5 Å². The van der Waals surface area contributed by atoms with Crippen molar-refractivity contribution >= 4 is 23.1 Å². The van der Waals surface area contributed by atoms with Gasteiger partial charge in [0.25, 0.3) is 0 Å². The minimum Gasteiger partial charge on any atom is -0.370 e. The van der Waals surface area contributed by atoms with Gasteiger partial charge < -0.3 is 5.32 Å². The summed E-state index contributed by atoms with van der Waals surface area (Å²) in [7, 11) is 0. The summed E-state index contributed by atoms with van der Waals surface area (Å²) in [6, 6.07) is 4.73. The largest absolute Gasteiger partial charge is 0.433 e. The number of hydrogen-bond donors (Lipinski definition) is 3. The van der Waals surface area contributed by atoms with Gasteiger partial charge in [0.2, 0.25) is 5.95 Å². The van der Waals surface area contributed by atoms with Gasteiger partial charge in [-0.1, -0.05) is 6.07 Å². The second kappa shape index (κ2) is 6.06. The molecular weight excluding hydrogens is 291 g/mol. The molecule has 0 unspecified atom stereocenters. The molecule has 20 heavy (non-hydrogen) atoms. The zero-order chi connectivity index (χ0) is 14.6. The minimum absolute atomic E-state index is 0.0804. The quantitative estimate of drug-likeness (QED) is 0.584. The van der Waals surface area contributed by atoms with Crippen molar-refractivity contribution in [3.8, 4) is 0 Å². The monoisotopic (exact) mass is 303 g/mol. The number of hydrazine groups is 1. The second-order valence-corrected chi connectivity index (χ2v) is 4.89. The number of nitrogens with one attached hydrogen (secondary N) is 2. The molecule has 0 aromatic carbocycles. The highest BCUT2D eigenvalue weighted by Crippen LogP contribution is 2.29. The molecule has 0 atom stereocenters. The van der Waals surface area contributed by atoms with E-state index in [1.165, 1.54) is 0 Å². The summed E-state index contributed by atoms with van der Waals surface area (Å²) in [4.78, 5) is 8.24. The first-order chi connectivity index (χ1) is 9.49. The third-order valence-electron chi connectivity index (χ3n) is 2.40. The summed E-state index contributed by atoms with van der Waals surface area (Å²) in [5, 5.41) is 4.77. The molecule has 0 saturated carbocycles. The molecule has 0 bridgehead atoms. The van der Waals surface area contributed by atoms with Crippen LogP contribution < -0.4 is 16.6 Å². The fourth-order valence-electron chi connectivity index (χ4n) is 1.52. The standard InChI is InChI=1S/C11H12F3N5S/c12-11(13,14)8-6-9(18-10(17-8)19-15)16-4-3-7-2-1-5-20-7/h1-2,5-6H,3-4,15H2,(H2,16,17,18,19). The van der Waals surface area contributed by atoms with Crippen LogP contribution in [0, 0.1) is 0 Å². The molecule has 0 aliphatic heterocycles. The van der Waals surface area contributed by atoms with Crippen LogP contribution in [0.4, 0.5) is 24.9 Å². The van der Waals surface area contributed by atoms with Crippen LogP contribution in [-0.2, 0) is 12.6 Å². The third kappa shape index (κ3) is 3.81. The Morgan fingerprint density at radius 3 is 2.70 bits per heavy atom. The number of anilines is 2. The van der Waals surface area contributed by atoms with Crippen molar-refractivity contribution in [2.75, 3.05) is 17.3 Å². The van der Waals surface area contributed by atoms with Crippen LogP contribution in [0.5, 0.6) is 0 Å². The number of alkyl halides is 3. The number of thiophene rings is 1. The Morgan fingerprint density at radius 2 is 2.10 bits per heavy atom. The topological polar surface area (TPSA) is 75.9 Å². The number of nitrogens with zero attached hydrogens (tertiary/aromatic N) is 2. The van der Waals surface area contributed by atoms with E-state index in [0.717, 1.165) is 10.9 Å². The Labute approximate surface area is 117 Å². The molecule has 0 aliphatic rings. The molecule has 2 rings (SSSR count). The molecule has 0 spiro atoms. The van der Waals surface area contributed by atoms with Gasteiger partial charge >= 0.3 is 6.18 Å². The van der Waals surface area contributed by atoms with E-state index in [1.807, 2.05) is 22.9 Å². The van der Waals surface area contributed by atoms with E-state index >= 15 is 0 Å². The van der Waals surface area contributed by atoms with Gasteiger partial charge in [-0.2, -0.15) is 18.2 Å². The fraction of sp³-hybridized carbons (Fsp3) is 0.273. The Bertz CT molecular complexity index is 556. The lowest BCUT2D eigenvalue weighted by Gasteiger charge is -2.11. The minimum atomic E-state index is -4.54. The predicted octanol–water partition coefficient (Wildman–Crippen LogP) is 2.50. The van der Waals surface area contributed by atoms with Crippen molar-refractivity contribution in [3.63, 3.8) is 0 Å². The molecule has 4 N–H and O–H groups in total. The summed E-state index contributed by atoms with van der Waals surface area (Å²) in [6.07, 6.45) is -3.84. The molecule has 5 nitrogen and oxygen atoms in total. The lowest BCUT2D eigenvalue weighted by molar-refractivity contribution is -0.141. The van der Waals surface area contributed by atoms with Gasteiger partial charge in [0.1, 0.15) is 5.82 Å². The Hall–Kier alpha value is -1.87. The summed E-state index contributed by atoms with van der Waals surface area (Å²) >= 11 is 1.59. The van der Waals surface area contributed by atoms with Crippen LogP contribution in [0.15, 0.2) is 23.6 Å². The fourth-order valence-corrected chi connectivity index (χ4v) is 2.23. The highest BCUT2D eigenvalue weighted by atomic mass is 32.1. The molecule has 9 heteroatoms. The molecule has 0 aliphatic carbocycles. The Balaban J connectivity index is 2.06. The predicted molar refractivity (Wildman–Crippen MR) is 71.4 cm³/mol. The molecule has 0 amide bonds. The first kappa shape index (κ1) is 14.5. The molecular formula is C11H12F3N5S. The van der Waals surface area contributed by atoms with Crippen molar-refractivity contribution in [3.05, 3.63) is 34.2 Å². The van der Waals surface area contributed by atoms with E-state index in [4.69, 9.17) is 5.84 Å². The molecule has 0 fully saturated rings. The third-order valence-corrected chi connectivity index (χ3v) is 3.34. The number of halogens is 3. The molecule has 2 heterocycles. The number of aromatic nitrogens is 2. The number of nitrogen functional groups attached to an aromatic ring is 1. The van der Waals surface area contributed by atoms with Crippen LogP contribution in [-0.4, -0.2) is 16.5 Å².